The van der Waals surface area contributed by atoms with Crippen LogP contribution in [0.3, 0.4) is 0 Å². The Balaban J connectivity index is 2.21. The summed E-state index contributed by atoms with van der Waals surface area (Å²) in [5.41, 5.74) is 10.4. The Labute approximate surface area is 272 Å². The first-order valence-corrected chi connectivity index (χ1v) is 17.2. The van der Waals surface area contributed by atoms with E-state index in [1.807, 2.05) is 30.6 Å². The van der Waals surface area contributed by atoms with Gasteiger partial charge in [0.05, 0.1) is 11.4 Å². The van der Waals surface area contributed by atoms with Gasteiger partial charge in [0.25, 0.3) is 16.9 Å². The molecule has 246 valence electrons. The molecule has 45 heavy (non-hydrogen) atoms. The number of carbonyl (C=O) groups excluding carboxylic acids is 2. The third-order valence-electron chi connectivity index (χ3n) is 7.55. The smallest absolute Gasteiger partial charge is 0.253 e. The molecule has 3 rings (SSSR count). The van der Waals surface area contributed by atoms with Gasteiger partial charge in [0.1, 0.15) is 5.51 Å². The predicted octanol–water partition coefficient (Wildman–Crippen LogP) is 8.10. The Kier molecular flexibility index (Phi) is 13.6. The second kappa shape index (κ2) is 17.1. The van der Waals surface area contributed by atoms with Gasteiger partial charge in [-0.2, -0.15) is 5.10 Å². The number of nitrogen functional groups attached to an aromatic ring is 1. The Morgan fingerprint density at radius 3 is 1.71 bits per heavy atom. The number of carbonyl (C=O) groups is 2. The third kappa shape index (κ3) is 9.66. The van der Waals surface area contributed by atoms with Gasteiger partial charge in [-0.05, 0) is 43.9 Å². The summed E-state index contributed by atoms with van der Waals surface area (Å²) in [4.78, 5) is 32.0. The minimum atomic E-state index is -0.421. The first kappa shape index (κ1) is 35.8. The molecule has 0 saturated heterocycles. The second-order valence-electron chi connectivity index (χ2n) is 12.4. The van der Waals surface area contributed by atoms with E-state index < -0.39 is 5.41 Å². The van der Waals surface area contributed by atoms with Gasteiger partial charge in [-0.1, -0.05) is 85.5 Å². The van der Waals surface area contributed by atoms with Crippen LogP contribution in [0.5, 0.6) is 0 Å². The fraction of sp³-hybridized carbons (Fsp3) is 0.606. The molecular formula is C33H51N9O2S. The molecule has 2 aromatic heterocycles. The lowest BCUT2D eigenvalue weighted by Crippen LogP contribution is -2.35. The van der Waals surface area contributed by atoms with Crippen LogP contribution >= 0.6 is 11.3 Å². The molecule has 0 aliphatic carbocycles. The summed E-state index contributed by atoms with van der Waals surface area (Å²) in [5, 5.41) is 21.8. The lowest BCUT2D eigenvalue weighted by Gasteiger charge is -2.25. The van der Waals surface area contributed by atoms with Crippen molar-refractivity contribution in [3.63, 3.8) is 0 Å². The first-order valence-electron chi connectivity index (χ1n) is 16.4. The van der Waals surface area contributed by atoms with E-state index in [4.69, 9.17) is 10.8 Å². The van der Waals surface area contributed by atoms with Crippen molar-refractivity contribution in [3.8, 4) is 5.69 Å². The van der Waals surface area contributed by atoms with Crippen LogP contribution in [0.15, 0.2) is 33.9 Å². The van der Waals surface area contributed by atoms with Crippen molar-refractivity contribution in [1.82, 2.24) is 29.8 Å². The molecule has 3 aromatic rings. The van der Waals surface area contributed by atoms with Gasteiger partial charge < -0.3 is 15.5 Å². The monoisotopic (exact) mass is 637 g/mol. The minimum Gasteiger partial charge on any atom is -0.382 e. The van der Waals surface area contributed by atoms with Crippen LogP contribution in [-0.4, -0.2) is 67.8 Å². The van der Waals surface area contributed by atoms with Crippen molar-refractivity contribution in [2.45, 2.75) is 105 Å². The largest absolute Gasteiger partial charge is 0.382 e. The number of benzene rings is 1. The van der Waals surface area contributed by atoms with E-state index in [0.29, 0.717) is 59.5 Å². The second-order valence-corrected chi connectivity index (χ2v) is 13.2. The van der Waals surface area contributed by atoms with Crippen molar-refractivity contribution in [3.05, 3.63) is 40.5 Å². The van der Waals surface area contributed by atoms with Gasteiger partial charge in [0.2, 0.25) is 0 Å². The molecular weight excluding hydrogens is 586 g/mol. The molecule has 2 amide bonds. The summed E-state index contributed by atoms with van der Waals surface area (Å²) in [6, 6.07) is 5.31. The van der Waals surface area contributed by atoms with Crippen molar-refractivity contribution in [2.75, 3.05) is 31.9 Å². The molecule has 0 bridgehead atoms. The van der Waals surface area contributed by atoms with Crippen molar-refractivity contribution in [2.24, 2.45) is 10.2 Å². The zero-order valence-electron chi connectivity index (χ0n) is 28.2. The fourth-order valence-corrected chi connectivity index (χ4v) is 5.27. The average molecular weight is 638 g/mol. The van der Waals surface area contributed by atoms with Crippen LogP contribution in [0, 0.1) is 0 Å². The first-order chi connectivity index (χ1) is 21.5. The molecule has 0 saturated carbocycles. The van der Waals surface area contributed by atoms with E-state index >= 15 is 0 Å². The van der Waals surface area contributed by atoms with Gasteiger partial charge in [-0.15, -0.1) is 20.4 Å². The Morgan fingerprint density at radius 1 is 0.822 bits per heavy atom. The number of amides is 2. The van der Waals surface area contributed by atoms with Crippen LogP contribution < -0.4 is 5.73 Å². The maximum absolute atomic E-state index is 14.1. The van der Waals surface area contributed by atoms with E-state index in [1.165, 1.54) is 11.3 Å². The van der Waals surface area contributed by atoms with Crippen LogP contribution in [0.1, 0.15) is 126 Å². The number of anilines is 1. The lowest BCUT2D eigenvalue weighted by atomic mass is 9.91. The Morgan fingerprint density at radius 2 is 1.31 bits per heavy atom. The van der Waals surface area contributed by atoms with E-state index in [9.17, 15) is 9.59 Å². The number of hydrogen-bond donors (Lipinski definition) is 1. The number of nitrogens with zero attached hydrogens (tertiary/aromatic N) is 8. The molecule has 0 aliphatic heterocycles. The number of aromatic nitrogens is 4. The molecule has 11 nitrogen and oxygen atoms in total. The molecule has 0 unspecified atom stereocenters. The number of unbranched alkanes of at least 4 members (excludes halogenated alkanes) is 4. The minimum absolute atomic E-state index is 0.0978. The molecule has 12 heteroatoms. The summed E-state index contributed by atoms with van der Waals surface area (Å²) >= 11 is 1.27. The van der Waals surface area contributed by atoms with Crippen LogP contribution in [0.2, 0.25) is 0 Å². The molecule has 0 radical (unpaired) electrons. The number of rotatable bonds is 17. The lowest BCUT2D eigenvalue weighted by molar-refractivity contribution is 0.0749. The zero-order chi connectivity index (χ0) is 33.0. The average Bonchev–Trinajstić information content (AvgIpc) is 3.67. The SMILES string of the molecule is CCCCN(CCCC)C(=O)c1cc(C(=O)N(CCCC)CCCC)cc(-n2nc(C(C)(C)C)c(N=Nc3nncs3)c2N)c1. The maximum atomic E-state index is 14.1. The van der Waals surface area contributed by atoms with Gasteiger partial charge >= 0.3 is 0 Å². The molecule has 0 fully saturated rings. The van der Waals surface area contributed by atoms with Gasteiger partial charge in [-0.25, -0.2) is 4.68 Å². The summed E-state index contributed by atoms with van der Waals surface area (Å²) in [7, 11) is 0. The fourth-order valence-electron chi connectivity index (χ4n) is 4.90. The highest BCUT2D eigenvalue weighted by molar-refractivity contribution is 7.13. The topological polar surface area (TPSA) is 135 Å². The van der Waals surface area contributed by atoms with Gasteiger partial charge in [0.15, 0.2) is 11.5 Å². The normalized spacial score (nSPS) is 11.8. The van der Waals surface area contributed by atoms with Crippen LogP contribution in [0.4, 0.5) is 16.6 Å². The Hall–Kier alpha value is -3.67. The van der Waals surface area contributed by atoms with Crippen molar-refractivity contribution in [1.29, 1.82) is 0 Å². The highest BCUT2D eigenvalue weighted by Gasteiger charge is 2.28. The van der Waals surface area contributed by atoms with E-state index in [2.05, 4.69) is 48.1 Å². The molecule has 0 aliphatic rings. The highest BCUT2D eigenvalue weighted by Crippen LogP contribution is 2.38. The number of hydrogen-bond acceptors (Lipinski definition) is 9. The molecule has 0 atom stereocenters. The van der Waals surface area contributed by atoms with E-state index in [1.54, 1.807) is 28.4 Å². The van der Waals surface area contributed by atoms with Gasteiger partial charge in [0, 0.05) is 42.7 Å². The molecule has 0 spiro atoms. The zero-order valence-corrected chi connectivity index (χ0v) is 29.0. The maximum Gasteiger partial charge on any atom is 0.253 e. The van der Waals surface area contributed by atoms with E-state index in [0.717, 1.165) is 51.4 Å². The molecule has 2 N–H and O–H groups in total. The Bertz CT molecular complexity index is 1340. The van der Waals surface area contributed by atoms with Gasteiger partial charge in [-0.3, -0.25) is 9.59 Å². The summed E-state index contributed by atoms with van der Waals surface area (Å²) < 4.78 is 1.58. The molecule has 2 heterocycles. The predicted molar refractivity (Wildman–Crippen MR) is 182 cm³/mol. The van der Waals surface area contributed by atoms with E-state index in [-0.39, 0.29) is 17.6 Å². The van der Waals surface area contributed by atoms with Crippen molar-refractivity contribution < 1.29 is 9.59 Å². The van der Waals surface area contributed by atoms with Crippen molar-refractivity contribution >= 4 is 39.8 Å². The summed E-state index contributed by atoms with van der Waals surface area (Å²) in [6.45, 7) is 17.2. The molecule has 1 aromatic carbocycles. The quantitative estimate of drug-likeness (QED) is 0.149. The number of nitrogens with two attached hydrogens (primary N) is 1. The summed E-state index contributed by atoms with van der Waals surface area (Å²) in [6.07, 6.45) is 7.57. The number of azo groups is 1. The van der Waals surface area contributed by atoms with Crippen LogP contribution in [-0.2, 0) is 5.41 Å². The standard InChI is InChI=1S/C33H51N9O2S/c1-8-12-16-40(17-13-9-2)30(43)24-20-25(31(44)41(18-14-10-3)19-15-11-4)22-26(21-24)42-29(34)27(28(39-42)33(5,6)7)36-38-32-37-35-23-45-32/h20-23H,8-19,34H2,1-7H3. The highest BCUT2D eigenvalue weighted by atomic mass is 32.1. The summed E-state index contributed by atoms with van der Waals surface area (Å²) in [5.74, 6) is 0.0673. The third-order valence-corrected chi connectivity index (χ3v) is 8.12. The van der Waals surface area contributed by atoms with Crippen LogP contribution in [0.25, 0.3) is 5.69 Å².